The summed E-state index contributed by atoms with van der Waals surface area (Å²) in [6, 6.07) is 3.44. The lowest BCUT2D eigenvalue weighted by atomic mass is 10.1. The maximum atomic E-state index is 12.2. The molecule has 1 heterocycles. The van der Waals surface area contributed by atoms with Crippen molar-refractivity contribution in [1.29, 1.82) is 0 Å². The van der Waals surface area contributed by atoms with Gasteiger partial charge in [-0.05, 0) is 42.9 Å². The fourth-order valence-electron chi connectivity index (χ4n) is 2.13. The van der Waals surface area contributed by atoms with Crippen LogP contribution < -0.4 is 14.8 Å². The van der Waals surface area contributed by atoms with Crippen LogP contribution in [-0.2, 0) is 4.79 Å². The third-order valence-electron chi connectivity index (χ3n) is 3.19. The highest BCUT2D eigenvalue weighted by atomic mass is 35.5. The van der Waals surface area contributed by atoms with Gasteiger partial charge in [-0.3, -0.25) is 9.69 Å². The van der Waals surface area contributed by atoms with E-state index >= 15 is 0 Å². The Hall–Kier alpha value is -2.05. The van der Waals surface area contributed by atoms with E-state index in [1.807, 2.05) is 6.92 Å². The number of benzene rings is 1. The van der Waals surface area contributed by atoms with Gasteiger partial charge in [0.1, 0.15) is 12.3 Å². The van der Waals surface area contributed by atoms with Crippen molar-refractivity contribution < 1.29 is 14.3 Å². The van der Waals surface area contributed by atoms with E-state index in [1.165, 1.54) is 12.0 Å². The number of ether oxygens (including phenoxy) is 2. The van der Waals surface area contributed by atoms with Crippen molar-refractivity contribution in [2.45, 2.75) is 6.92 Å². The molecule has 1 aliphatic rings. The average Bonchev–Trinajstić information content (AvgIpc) is 2.79. The van der Waals surface area contributed by atoms with Gasteiger partial charge in [0.25, 0.3) is 5.91 Å². The van der Waals surface area contributed by atoms with E-state index in [4.69, 9.17) is 33.3 Å². The second-order valence-electron chi connectivity index (χ2n) is 4.67. The molecule has 1 aromatic rings. The van der Waals surface area contributed by atoms with Crippen LogP contribution in [0, 0.1) is 0 Å². The number of nitrogens with one attached hydrogen (secondary N) is 1. The summed E-state index contributed by atoms with van der Waals surface area (Å²) in [7, 11) is 1.52. The molecule has 2 rings (SSSR count). The first-order chi connectivity index (χ1) is 11.0. The van der Waals surface area contributed by atoms with Crippen molar-refractivity contribution in [3.8, 4) is 11.5 Å². The highest BCUT2D eigenvalue weighted by Gasteiger charge is 2.29. The van der Waals surface area contributed by atoms with Gasteiger partial charge < -0.3 is 14.8 Å². The molecule has 1 amide bonds. The first-order valence-electron chi connectivity index (χ1n) is 6.97. The van der Waals surface area contributed by atoms with Crippen molar-refractivity contribution in [1.82, 2.24) is 10.2 Å². The lowest BCUT2D eigenvalue weighted by molar-refractivity contribution is -0.122. The zero-order valence-corrected chi connectivity index (χ0v) is 14.5. The Labute approximate surface area is 145 Å². The van der Waals surface area contributed by atoms with Gasteiger partial charge in [-0.25, -0.2) is 0 Å². The highest BCUT2D eigenvalue weighted by molar-refractivity contribution is 7.80. The third kappa shape index (κ3) is 3.65. The van der Waals surface area contributed by atoms with Crippen molar-refractivity contribution in [3.05, 3.63) is 41.1 Å². The predicted octanol–water partition coefficient (Wildman–Crippen LogP) is 2.99. The number of likely N-dealkylation sites (N-methyl/N-ethyl adjacent to an activating group) is 1. The Kier molecular flexibility index (Phi) is 5.63. The van der Waals surface area contributed by atoms with Crippen LogP contribution in [0.2, 0.25) is 5.02 Å². The lowest BCUT2D eigenvalue weighted by Crippen LogP contribution is -2.30. The lowest BCUT2D eigenvalue weighted by Gasteiger charge is -2.12. The van der Waals surface area contributed by atoms with Crippen LogP contribution in [0.25, 0.3) is 6.08 Å². The number of methoxy groups -OCH3 is 1. The minimum atomic E-state index is -0.167. The number of thiocarbonyl (C=S) groups is 1. The average molecular weight is 353 g/mol. The Morgan fingerprint density at radius 2 is 2.22 bits per heavy atom. The first kappa shape index (κ1) is 17.3. The van der Waals surface area contributed by atoms with E-state index in [-0.39, 0.29) is 5.91 Å². The van der Waals surface area contributed by atoms with E-state index in [1.54, 1.807) is 24.3 Å². The van der Waals surface area contributed by atoms with Crippen LogP contribution in [0.15, 0.2) is 30.5 Å². The summed E-state index contributed by atoms with van der Waals surface area (Å²) >= 11 is 11.4. The van der Waals surface area contributed by atoms with Gasteiger partial charge in [0.15, 0.2) is 16.6 Å². The molecular formula is C16H17ClN2O3S. The normalized spacial score (nSPS) is 15.8. The summed E-state index contributed by atoms with van der Waals surface area (Å²) in [5.74, 6) is 0.749. The fraction of sp³-hybridized carbons (Fsp3) is 0.250. The summed E-state index contributed by atoms with van der Waals surface area (Å²) < 4.78 is 10.8. The SMILES string of the molecule is C=CCOc1c(Cl)cc(/C=C2\NC(=S)N(CC)C2=O)cc1OC. The number of nitrogens with zero attached hydrogens (tertiary/aromatic N) is 1. The van der Waals surface area contributed by atoms with E-state index in [2.05, 4.69) is 11.9 Å². The van der Waals surface area contributed by atoms with E-state index in [0.717, 1.165) is 0 Å². The standard InChI is InChI=1S/C16H17ClN2O3S/c1-4-6-22-14-11(17)7-10(9-13(14)21-3)8-12-15(20)19(5-2)16(23)18-12/h4,7-9H,1,5-6H2,2-3H3,(H,18,23)/b12-8-. The topological polar surface area (TPSA) is 50.8 Å². The van der Waals surface area contributed by atoms with Gasteiger partial charge in [0.2, 0.25) is 0 Å². The Balaban J connectivity index is 2.36. The smallest absolute Gasteiger partial charge is 0.276 e. The maximum absolute atomic E-state index is 12.2. The summed E-state index contributed by atoms with van der Waals surface area (Å²) in [5.41, 5.74) is 1.10. The molecule has 7 heteroatoms. The minimum absolute atomic E-state index is 0.167. The Morgan fingerprint density at radius 1 is 1.48 bits per heavy atom. The molecule has 0 saturated carbocycles. The van der Waals surface area contributed by atoms with Gasteiger partial charge >= 0.3 is 0 Å². The highest BCUT2D eigenvalue weighted by Crippen LogP contribution is 2.37. The molecule has 1 aliphatic heterocycles. The van der Waals surface area contributed by atoms with Crippen molar-refractivity contribution in [3.63, 3.8) is 0 Å². The molecule has 0 unspecified atom stereocenters. The molecule has 1 saturated heterocycles. The summed E-state index contributed by atoms with van der Waals surface area (Å²) in [6.07, 6.45) is 3.29. The summed E-state index contributed by atoms with van der Waals surface area (Å²) in [4.78, 5) is 13.7. The monoisotopic (exact) mass is 352 g/mol. The van der Waals surface area contributed by atoms with Crippen LogP contribution in [0.3, 0.4) is 0 Å². The number of hydrogen-bond acceptors (Lipinski definition) is 4. The number of rotatable bonds is 6. The molecule has 23 heavy (non-hydrogen) atoms. The zero-order valence-electron chi connectivity index (χ0n) is 12.9. The van der Waals surface area contributed by atoms with Crippen LogP contribution >= 0.6 is 23.8 Å². The molecule has 0 atom stereocenters. The number of carbonyl (C=O) groups is 1. The number of halogens is 1. The molecule has 122 valence electrons. The van der Waals surface area contributed by atoms with Crippen LogP contribution in [0.4, 0.5) is 0 Å². The molecule has 1 N–H and O–H groups in total. The first-order valence-corrected chi connectivity index (χ1v) is 7.76. The molecule has 0 aliphatic carbocycles. The van der Waals surface area contributed by atoms with Gasteiger partial charge in [0, 0.05) is 6.54 Å². The Morgan fingerprint density at radius 3 is 2.78 bits per heavy atom. The summed E-state index contributed by atoms with van der Waals surface area (Å²) in [5, 5.41) is 3.68. The van der Waals surface area contributed by atoms with Crippen molar-refractivity contribution in [2.24, 2.45) is 0 Å². The molecular weight excluding hydrogens is 336 g/mol. The fourth-order valence-corrected chi connectivity index (χ4v) is 2.73. The van der Waals surface area contributed by atoms with Crippen molar-refractivity contribution >= 4 is 40.9 Å². The molecule has 0 radical (unpaired) electrons. The second kappa shape index (κ2) is 7.48. The summed E-state index contributed by atoms with van der Waals surface area (Å²) in [6.45, 7) is 6.29. The van der Waals surface area contributed by atoms with Gasteiger partial charge in [-0.1, -0.05) is 24.3 Å². The Bertz CT molecular complexity index is 688. The molecule has 1 aromatic carbocycles. The van der Waals surface area contributed by atoms with Crippen LogP contribution in [-0.4, -0.2) is 36.2 Å². The molecule has 0 aromatic heterocycles. The predicted molar refractivity (Wildman–Crippen MR) is 94.8 cm³/mol. The molecule has 5 nitrogen and oxygen atoms in total. The van der Waals surface area contributed by atoms with Gasteiger partial charge in [-0.2, -0.15) is 0 Å². The molecule has 1 fully saturated rings. The second-order valence-corrected chi connectivity index (χ2v) is 5.47. The number of amides is 1. The molecule has 0 bridgehead atoms. The maximum Gasteiger partial charge on any atom is 0.276 e. The third-order valence-corrected chi connectivity index (χ3v) is 3.79. The van der Waals surface area contributed by atoms with Crippen LogP contribution in [0.5, 0.6) is 11.5 Å². The van der Waals surface area contributed by atoms with Gasteiger partial charge in [0.05, 0.1) is 12.1 Å². The van der Waals surface area contributed by atoms with E-state index in [0.29, 0.717) is 46.0 Å². The number of carbonyl (C=O) groups excluding carboxylic acids is 1. The number of hydrogen-bond donors (Lipinski definition) is 1. The molecule has 0 spiro atoms. The quantitative estimate of drug-likeness (QED) is 0.484. The largest absolute Gasteiger partial charge is 0.493 e. The van der Waals surface area contributed by atoms with E-state index in [9.17, 15) is 4.79 Å². The minimum Gasteiger partial charge on any atom is -0.493 e. The van der Waals surface area contributed by atoms with E-state index < -0.39 is 0 Å². The van der Waals surface area contributed by atoms with Gasteiger partial charge in [-0.15, -0.1) is 0 Å². The van der Waals surface area contributed by atoms with Crippen molar-refractivity contribution in [2.75, 3.05) is 20.3 Å². The van der Waals surface area contributed by atoms with Crippen LogP contribution in [0.1, 0.15) is 12.5 Å². The zero-order chi connectivity index (χ0) is 17.0.